The first-order chi connectivity index (χ1) is 16.7. The number of anilines is 1. The lowest BCUT2D eigenvalue weighted by Gasteiger charge is -2.16. The molecule has 3 rings (SSSR count). The molecule has 0 spiro atoms. The molecule has 36 heavy (non-hydrogen) atoms. The van der Waals surface area contributed by atoms with E-state index in [1.54, 1.807) is 0 Å². The zero-order valence-electron chi connectivity index (χ0n) is 18.8. The van der Waals surface area contributed by atoms with Crippen molar-refractivity contribution in [3.8, 4) is 11.3 Å². The molecule has 3 aromatic rings. The predicted octanol–water partition coefficient (Wildman–Crippen LogP) is 5.49. The Morgan fingerprint density at radius 2 is 1.75 bits per heavy atom. The summed E-state index contributed by atoms with van der Waals surface area (Å²) in [7, 11) is -3.71. The fourth-order valence-electron chi connectivity index (χ4n) is 3.25. The van der Waals surface area contributed by atoms with Gasteiger partial charge in [0.1, 0.15) is 17.3 Å². The topological polar surface area (TPSA) is 88.2 Å². The molecule has 0 saturated carbocycles. The smallest absolute Gasteiger partial charge is 0.351 e. The van der Waals surface area contributed by atoms with Crippen LogP contribution in [0.15, 0.2) is 48.5 Å². The molecule has 1 heterocycles. The Morgan fingerprint density at radius 3 is 2.33 bits per heavy atom. The van der Waals surface area contributed by atoms with E-state index in [1.807, 2.05) is 4.72 Å². The van der Waals surface area contributed by atoms with E-state index >= 15 is 0 Å². The van der Waals surface area contributed by atoms with Gasteiger partial charge in [0.15, 0.2) is 0 Å². The first kappa shape index (κ1) is 27.3. The van der Waals surface area contributed by atoms with Gasteiger partial charge in [-0.2, -0.15) is 13.2 Å². The lowest BCUT2D eigenvalue weighted by molar-refractivity contribution is -0.141. The predicted molar refractivity (Wildman–Crippen MR) is 125 cm³/mol. The van der Waals surface area contributed by atoms with Crippen LogP contribution in [0.2, 0.25) is 5.02 Å². The van der Waals surface area contributed by atoms with Gasteiger partial charge in [-0.25, -0.2) is 22.2 Å². The number of nitrogens with zero attached hydrogens (tertiary/aromatic N) is 1. The lowest BCUT2D eigenvalue weighted by atomic mass is 9.99. The molecule has 1 atom stereocenters. The average molecular weight is 548 g/mol. The molecule has 0 aliphatic heterocycles. The molecule has 1 aromatic heterocycles. The van der Waals surface area contributed by atoms with Gasteiger partial charge in [-0.1, -0.05) is 29.8 Å². The number of aromatic nitrogens is 1. The molecule has 0 bridgehead atoms. The first-order valence-electron chi connectivity index (χ1n) is 10.2. The van der Waals surface area contributed by atoms with Crippen molar-refractivity contribution in [3.05, 3.63) is 82.0 Å². The van der Waals surface area contributed by atoms with Crippen molar-refractivity contribution in [1.82, 2.24) is 10.3 Å². The lowest BCUT2D eigenvalue weighted by Crippen LogP contribution is -2.28. The molecule has 0 aliphatic rings. The summed E-state index contributed by atoms with van der Waals surface area (Å²) in [5, 5.41) is 2.33. The van der Waals surface area contributed by atoms with E-state index in [0.717, 1.165) is 30.5 Å². The number of hydrogen-bond donors (Lipinski definition) is 2. The van der Waals surface area contributed by atoms with Crippen LogP contribution in [0.3, 0.4) is 0 Å². The molecule has 0 saturated heterocycles. The first-order valence-corrected chi connectivity index (χ1v) is 12.5. The highest BCUT2D eigenvalue weighted by molar-refractivity contribution is 7.92. The maximum atomic E-state index is 14.3. The molecule has 0 fully saturated rings. The second-order valence-corrected chi connectivity index (χ2v) is 10.0. The van der Waals surface area contributed by atoms with Crippen LogP contribution in [0.4, 0.5) is 27.6 Å². The molecular weight excluding hydrogens is 529 g/mol. The van der Waals surface area contributed by atoms with E-state index in [9.17, 15) is 35.2 Å². The van der Waals surface area contributed by atoms with Crippen molar-refractivity contribution in [2.45, 2.75) is 25.6 Å². The van der Waals surface area contributed by atoms with E-state index in [4.69, 9.17) is 11.6 Å². The van der Waals surface area contributed by atoms with Crippen molar-refractivity contribution in [2.75, 3.05) is 11.0 Å². The Bertz CT molecular complexity index is 1410. The van der Waals surface area contributed by atoms with E-state index in [-0.39, 0.29) is 39.6 Å². The summed E-state index contributed by atoms with van der Waals surface area (Å²) in [6, 6.07) is 8.81. The van der Waals surface area contributed by atoms with Gasteiger partial charge < -0.3 is 5.32 Å². The molecular formula is C23H19ClF5N3O3S. The number of hydrogen-bond acceptors (Lipinski definition) is 4. The molecule has 13 heteroatoms. The van der Waals surface area contributed by atoms with Crippen LogP contribution in [0.5, 0.6) is 0 Å². The van der Waals surface area contributed by atoms with Gasteiger partial charge in [0.05, 0.1) is 28.6 Å². The summed E-state index contributed by atoms with van der Waals surface area (Å²) in [4.78, 5) is 16.3. The Kier molecular flexibility index (Phi) is 7.89. The highest BCUT2D eigenvalue weighted by atomic mass is 35.5. The van der Waals surface area contributed by atoms with E-state index in [2.05, 4.69) is 10.3 Å². The van der Waals surface area contributed by atoms with Gasteiger partial charge in [0.2, 0.25) is 15.9 Å². The number of alkyl halides is 3. The monoisotopic (exact) mass is 547 g/mol. The Hall–Kier alpha value is -3.25. The van der Waals surface area contributed by atoms with Crippen LogP contribution >= 0.6 is 11.6 Å². The summed E-state index contributed by atoms with van der Waals surface area (Å²) < 4.78 is 92.5. The summed E-state index contributed by atoms with van der Waals surface area (Å²) in [6.07, 6.45) is -3.89. The maximum Gasteiger partial charge on any atom is 0.433 e. The summed E-state index contributed by atoms with van der Waals surface area (Å²) in [5.41, 5.74) is -1.26. The van der Waals surface area contributed by atoms with E-state index in [0.29, 0.717) is 0 Å². The molecule has 0 aliphatic carbocycles. The average Bonchev–Trinajstić information content (AvgIpc) is 2.78. The van der Waals surface area contributed by atoms with Crippen molar-refractivity contribution < 1.29 is 35.2 Å². The van der Waals surface area contributed by atoms with Gasteiger partial charge in [0, 0.05) is 12.1 Å². The van der Waals surface area contributed by atoms with Crippen LogP contribution in [0.25, 0.3) is 11.3 Å². The number of sulfonamides is 1. The third-order valence-corrected chi connectivity index (χ3v) is 5.99. The van der Waals surface area contributed by atoms with Gasteiger partial charge in [-0.15, -0.1) is 0 Å². The summed E-state index contributed by atoms with van der Waals surface area (Å²) in [5.74, 6) is -3.23. The van der Waals surface area contributed by atoms with Crippen LogP contribution in [-0.2, 0) is 27.5 Å². The molecule has 6 nitrogen and oxygen atoms in total. The fraction of sp³-hybridized carbons (Fsp3) is 0.217. The number of benzene rings is 2. The van der Waals surface area contributed by atoms with Crippen LogP contribution in [-0.4, -0.2) is 25.6 Å². The quantitative estimate of drug-likeness (QED) is 0.383. The summed E-state index contributed by atoms with van der Waals surface area (Å²) in [6.45, 7) is 1.21. The standard InChI is InChI=1S/C23H19ClF5N3O3S/c1-12(13-4-7-19(18(26)9-13)32-36(2,34)35)22(33)30-11-15-5-8-20(23(27,28)29)31-21(15)14-3-6-16(24)17(25)10-14/h3-10,12,32H,11H2,1-2H3,(H,30,33). The number of halogens is 6. The van der Waals surface area contributed by atoms with Gasteiger partial charge >= 0.3 is 6.18 Å². The SMILES string of the molecule is CC(C(=O)NCc1ccc(C(F)(F)F)nc1-c1ccc(Cl)c(F)c1)c1ccc(NS(C)(=O)=O)c(F)c1. The molecule has 1 amide bonds. The van der Waals surface area contributed by atoms with Crippen molar-refractivity contribution in [1.29, 1.82) is 0 Å². The Labute approximate surface area is 208 Å². The van der Waals surface area contributed by atoms with E-state index in [1.165, 1.54) is 31.2 Å². The fourth-order valence-corrected chi connectivity index (χ4v) is 3.93. The second-order valence-electron chi connectivity index (χ2n) is 7.88. The number of rotatable bonds is 7. The highest BCUT2D eigenvalue weighted by Crippen LogP contribution is 2.32. The van der Waals surface area contributed by atoms with Gasteiger partial charge in [-0.05, 0) is 48.4 Å². The zero-order chi connectivity index (χ0) is 26.8. The van der Waals surface area contributed by atoms with Crippen LogP contribution in [0, 0.1) is 11.6 Å². The minimum Gasteiger partial charge on any atom is -0.351 e. The second kappa shape index (κ2) is 10.4. The van der Waals surface area contributed by atoms with Crippen LogP contribution < -0.4 is 10.0 Å². The zero-order valence-corrected chi connectivity index (χ0v) is 20.3. The third kappa shape index (κ3) is 6.70. The highest BCUT2D eigenvalue weighted by Gasteiger charge is 2.33. The van der Waals surface area contributed by atoms with Crippen LogP contribution in [0.1, 0.15) is 29.7 Å². The van der Waals surface area contributed by atoms with Gasteiger partial charge in [-0.3, -0.25) is 9.52 Å². The number of amides is 1. The number of carbonyl (C=O) groups excluding carboxylic acids is 1. The summed E-state index contributed by atoms with van der Waals surface area (Å²) >= 11 is 5.67. The van der Waals surface area contributed by atoms with Crippen molar-refractivity contribution in [3.63, 3.8) is 0 Å². The molecule has 1 unspecified atom stereocenters. The third-order valence-electron chi connectivity index (χ3n) is 5.10. The maximum absolute atomic E-state index is 14.3. The molecule has 2 aromatic carbocycles. The van der Waals surface area contributed by atoms with E-state index < -0.39 is 45.4 Å². The molecule has 2 N–H and O–H groups in total. The van der Waals surface area contributed by atoms with Crippen molar-refractivity contribution in [2.24, 2.45) is 0 Å². The van der Waals surface area contributed by atoms with Crippen molar-refractivity contribution >= 4 is 33.2 Å². The number of carbonyl (C=O) groups is 1. The van der Waals surface area contributed by atoms with Gasteiger partial charge in [0.25, 0.3) is 0 Å². The molecule has 0 radical (unpaired) electrons. The minimum atomic E-state index is -4.75. The number of nitrogens with one attached hydrogen (secondary N) is 2. The number of pyridine rings is 1. The minimum absolute atomic E-state index is 0.0244. The Balaban J connectivity index is 1.84. The normalized spacial score (nSPS) is 12.8. The largest absolute Gasteiger partial charge is 0.433 e. The molecule has 192 valence electrons. The Morgan fingerprint density at radius 1 is 1.06 bits per heavy atom.